The third-order valence-corrected chi connectivity index (χ3v) is 1.89. The summed E-state index contributed by atoms with van der Waals surface area (Å²) in [6.45, 7) is 5.12. The number of hydrogen-bond acceptors (Lipinski definition) is 5. The first-order valence-corrected chi connectivity index (χ1v) is 5.24. The molecule has 0 radical (unpaired) electrons. The van der Waals surface area contributed by atoms with E-state index < -0.39 is 23.2 Å². The van der Waals surface area contributed by atoms with Crippen molar-refractivity contribution in [2.24, 2.45) is 0 Å². The van der Waals surface area contributed by atoms with E-state index >= 15 is 0 Å². The van der Waals surface area contributed by atoms with Gasteiger partial charge in [0.25, 0.3) is 0 Å². The van der Waals surface area contributed by atoms with Gasteiger partial charge in [-0.1, -0.05) is 0 Å². The number of nitrogens with one attached hydrogen (secondary N) is 1. The Morgan fingerprint density at radius 1 is 1.33 bits per heavy atom. The van der Waals surface area contributed by atoms with Gasteiger partial charge < -0.3 is 14.9 Å². The summed E-state index contributed by atoms with van der Waals surface area (Å²) in [7, 11) is 0. The van der Waals surface area contributed by atoms with E-state index in [-0.39, 0.29) is 11.3 Å². The fraction of sp³-hybridized carbons (Fsp3) is 0.333. The van der Waals surface area contributed by atoms with Crippen LogP contribution in [0.1, 0.15) is 31.1 Å². The number of carbonyl (C=O) groups excluding carboxylic acids is 2. The van der Waals surface area contributed by atoms with Crippen LogP contribution in [0, 0.1) is 0 Å². The highest BCUT2D eigenvalue weighted by Gasteiger charge is 2.17. The third-order valence-electron chi connectivity index (χ3n) is 1.89. The molecule has 98 valence electrons. The van der Waals surface area contributed by atoms with Crippen molar-refractivity contribution in [3.63, 3.8) is 0 Å². The Hall–Kier alpha value is -2.24. The van der Waals surface area contributed by atoms with Crippen LogP contribution in [0.25, 0.3) is 0 Å². The van der Waals surface area contributed by atoms with Crippen molar-refractivity contribution < 1.29 is 24.5 Å². The number of benzene rings is 1. The lowest BCUT2D eigenvalue weighted by Gasteiger charge is -2.19. The molecule has 1 amide bonds. The fourth-order valence-corrected chi connectivity index (χ4v) is 1.22. The van der Waals surface area contributed by atoms with Gasteiger partial charge in [0.2, 0.25) is 0 Å². The quantitative estimate of drug-likeness (QED) is 0.427. The highest BCUT2D eigenvalue weighted by Crippen LogP contribution is 2.31. The topological polar surface area (TPSA) is 95.9 Å². The largest absolute Gasteiger partial charge is 0.504 e. The molecule has 0 atom stereocenters. The number of ether oxygens (including phenoxy) is 1. The number of phenols is 2. The second-order valence-electron chi connectivity index (χ2n) is 4.68. The molecule has 0 saturated carbocycles. The Labute approximate surface area is 104 Å². The first-order chi connectivity index (χ1) is 8.23. The van der Waals surface area contributed by atoms with Crippen molar-refractivity contribution in [1.82, 2.24) is 0 Å². The maximum Gasteiger partial charge on any atom is 0.412 e. The molecule has 0 spiro atoms. The molecular formula is C12H15NO5. The minimum Gasteiger partial charge on any atom is -0.504 e. The second kappa shape index (κ2) is 4.95. The Bertz CT molecular complexity index is 476. The van der Waals surface area contributed by atoms with Gasteiger partial charge in [0, 0.05) is 11.8 Å². The van der Waals surface area contributed by atoms with Crippen LogP contribution in [0.5, 0.6) is 11.5 Å². The van der Waals surface area contributed by atoms with Crippen LogP contribution >= 0.6 is 0 Å². The van der Waals surface area contributed by atoms with Crippen molar-refractivity contribution in [3.8, 4) is 11.5 Å². The van der Waals surface area contributed by atoms with Crippen LogP contribution in [-0.2, 0) is 4.74 Å². The van der Waals surface area contributed by atoms with Crippen LogP contribution < -0.4 is 5.32 Å². The van der Waals surface area contributed by atoms with Gasteiger partial charge in [-0.05, 0) is 26.8 Å². The molecule has 0 aliphatic carbocycles. The van der Waals surface area contributed by atoms with E-state index in [0.29, 0.717) is 6.29 Å². The molecule has 3 N–H and O–H groups in total. The number of carbonyl (C=O) groups is 2. The van der Waals surface area contributed by atoms with Gasteiger partial charge in [0.1, 0.15) is 5.60 Å². The summed E-state index contributed by atoms with van der Waals surface area (Å²) in [6, 6.07) is 2.35. The van der Waals surface area contributed by atoms with Gasteiger partial charge in [0.05, 0.1) is 5.56 Å². The van der Waals surface area contributed by atoms with E-state index in [1.165, 1.54) is 6.07 Å². The van der Waals surface area contributed by atoms with E-state index in [9.17, 15) is 19.8 Å². The van der Waals surface area contributed by atoms with E-state index in [2.05, 4.69) is 5.32 Å². The van der Waals surface area contributed by atoms with Crippen molar-refractivity contribution in [2.45, 2.75) is 26.4 Å². The SMILES string of the molecule is CC(C)(C)OC(=O)Nc1cc(O)c(O)c(C=O)c1. The number of aromatic hydroxyl groups is 2. The van der Waals surface area contributed by atoms with Gasteiger partial charge in [0.15, 0.2) is 17.8 Å². The Morgan fingerprint density at radius 2 is 1.94 bits per heavy atom. The Morgan fingerprint density at radius 3 is 2.44 bits per heavy atom. The highest BCUT2D eigenvalue weighted by molar-refractivity contribution is 5.89. The molecule has 1 aromatic carbocycles. The summed E-state index contributed by atoms with van der Waals surface area (Å²) >= 11 is 0. The molecule has 1 aromatic rings. The van der Waals surface area contributed by atoms with Crippen molar-refractivity contribution in [2.75, 3.05) is 5.32 Å². The molecule has 0 saturated heterocycles. The zero-order chi connectivity index (χ0) is 13.9. The van der Waals surface area contributed by atoms with Crippen LogP contribution in [0.4, 0.5) is 10.5 Å². The van der Waals surface area contributed by atoms with Crippen LogP contribution in [0.15, 0.2) is 12.1 Å². The molecule has 1 rings (SSSR count). The van der Waals surface area contributed by atoms with Gasteiger partial charge in [-0.15, -0.1) is 0 Å². The number of amides is 1. The minimum atomic E-state index is -0.718. The number of phenolic OH excluding ortho intramolecular Hbond substituents is 2. The number of hydrogen-bond donors (Lipinski definition) is 3. The maximum atomic E-state index is 11.5. The van der Waals surface area contributed by atoms with E-state index in [1.807, 2.05) is 0 Å². The molecule has 6 heteroatoms. The van der Waals surface area contributed by atoms with Gasteiger partial charge in [-0.3, -0.25) is 10.1 Å². The molecule has 0 bridgehead atoms. The molecule has 0 fully saturated rings. The monoisotopic (exact) mass is 253 g/mol. The first-order valence-electron chi connectivity index (χ1n) is 5.24. The van der Waals surface area contributed by atoms with Gasteiger partial charge in [-0.2, -0.15) is 0 Å². The van der Waals surface area contributed by atoms with Crippen LogP contribution in [0.2, 0.25) is 0 Å². The molecular weight excluding hydrogens is 238 g/mol. The van der Waals surface area contributed by atoms with E-state index in [0.717, 1.165) is 6.07 Å². The average molecular weight is 253 g/mol. The average Bonchev–Trinajstić information content (AvgIpc) is 2.20. The van der Waals surface area contributed by atoms with Crippen LogP contribution in [-0.4, -0.2) is 28.2 Å². The fourth-order valence-electron chi connectivity index (χ4n) is 1.22. The predicted octanol–water partition coefficient (Wildman–Crippen LogP) is 2.26. The summed E-state index contributed by atoms with van der Waals surface area (Å²) in [5, 5.41) is 21.0. The van der Waals surface area contributed by atoms with Crippen molar-refractivity contribution >= 4 is 18.1 Å². The first kappa shape index (κ1) is 13.8. The lowest BCUT2D eigenvalue weighted by atomic mass is 10.2. The molecule has 6 nitrogen and oxygen atoms in total. The predicted molar refractivity (Wildman–Crippen MR) is 65.0 cm³/mol. The number of anilines is 1. The third kappa shape index (κ3) is 3.65. The van der Waals surface area contributed by atoms with Crippen molar-refractivity contribution in [1.29, 1.82) is 0 Å². The zero-order valence-electron chi connectivity index (χ0n) is 10.4. The smallest absolute Gasteiger partial charge is 0.412 e. The van der Waals surface area contributed by atoms with Crippen LogP contribution in [0.3, 0.4) is 0 Å². The Kier molecular flexibility index (Phi) is 3.80. The summed E-state index contributed by atoms with van der Waals surface area (Å²) in [6.07, 6.45) is -0.348. The summed E-state index contributed by atoms with van der Waals surface area (Å²) in [5.41, 5.74) is -0.626. The number of rotatable bonds is 2. The molecule has 0 heterocycles. The Balaban J connectivity index is 2.89. The normalized spacial score (nSPS) is 10.8. The molecule has 0 aliphatic heterocycles. The van der Waals surface area contributed by atoms with Gasteiger partial charge >= 0.3 is 6.09 Å². The number of aldehydes is 1. The molecule has 0 aliphatic rings. The minimum absolute atomic E-state index is 0.124. The summed E-state index contributed by atoms with van der Waals surface area (Å²) in [4.78, 5) is 22.1. The molecule has 0 aromatic heterocycles. The lowest BCUT2D eigenvalue weighted by Crippen LogP contribution is -2.27. The van der Waals surface area contributed by atoms with Gasteiger partial charge in [-0.25, -0.2) is 4.79 Å². The maximum absolute atomic E-state index is 11.5. The second-order valence-corrected chi connectivity index (χ2v) is 4.68. The molecule has 0 unspecified atom stereocenters. The van der Waals surface area contributed by atoms with E-state index in [1.54, 1.807) is 20.8 Å². The lowest BCUT2D eigenvalue weighted by molar-refractivity contribution is 0.0635. The zero-order valence-corrected chi connectivity index (χ0v) is 10.4. The summed E-state index contributed by atoms with van der Waals surface area (Å²) in [5.74, 6) is -1.02. The standard InChI is InChI=1S/C12H15NO5/c1-12(2,3)18-11(17)13-8-4-7(6-14)10(16)9(15)5-8/h4-6,15-16H,1-3H3,(H,13,17). The summed E-state index contributed by atoms with van der Waals surface area (Å²) < 4.78 is 5.00. The van der Waals surface area contributed by atoms with E-state index in [4.69, 9.17) is 4.74 Å². The highest BCUT2D eigenvalue weighted by atomic mass is 16.6. The van der Waals surface area contributed by atoms with Crippen molar-refractivity contribution in [3.05, 3.63) is 17.7 Å². The molecule has 18 heavy (non-hydrogen) atoms.